The Morgan fingerprint density at radius 2 is 1.67 bits per heavy atom. The highest BCUT2D eigenvalue weighted by molar-refractivity contribution is 6.32. The van der Waals surface area contributed by atoms with Crippen LogP contribution in [0.15, 0.2) is 60.7 Å². The Balaban J connectivity index is 1.90. The van der Waals surface area contributed by atoms with Crippen molar-refractivity contribution in [1.82, 2.24) is 0 Å². The molecular formula is C21H18ClN3O5. The fraction of sp³-hybridized carbons (Fsp3) is 0.0952. The van der Waals surface area contributed by atoms with Crippen molar-refractivity contribution in [2.24, 2.45) is 0 Å². The van der Waals surface area contributed by atoms with E-state index in [2.05, 4.69) is 10.6 Å². The minimum absolute atomic E-state index is 0.108. The number of hydrogen-bond acceptors (Lipinski definition) is 6. The van der Waals surface area contributed by atoms with Gasteiger partial charge in [-0.1, -0.05) is 29.8 Å². The van der Waals surface area contributed by atoms with Crippen molar-refractivity contribution in [3.05, 3.63) is 81.4 Å². The van der Waals surface area contributed by atoms with E-state index in [0.717, 1.165) is 0 Å². The second kappa shape index (κ2) is 9.15. The molecule has 0 atom stereocenters. The van der Waals surface area contributed by atoms with E-state index < -0.39 is 10.8 Å². The van der Waals surface area contributed by atoms with Crippen molar-refractivity contribution in [2.45, 2.75) is 0 Å². The third kappa shape index (κ3) is 4.61. The molecule has 0 aliphatic carbocycles. The first-order chi connectivity index (χ1) is 14.4. The SMILES string of the molecule is COc1cc(NC(=O)c2ccc(Nc3ccccc3)c([N+](=O)[O-])c2)c(OC)cc1Cl. The minimum Gasteiger partial charge on any atom is -0.495 e. The number of amides is 1. The Bertz CT molecular complexity index is 1090. The molecule has 8 nitrogen and oxygen atoms in total. The molecule has 3 aromatic rings. The zero-order valence-corrected chi connectivity index (χ0v) is 16.9. The van der Waals surface area contributed by atoms with Crippen LogP contribution in [0, 0.1) is 10.1 Å². The molecule has 9 heteroatoms. The number of benzene rings is 3. The van der Waals surface area contributed by atoms with Crippen molar-refractivity contribution >= 4 is 40.3 Å². The maximum absolute atomic E-state index is 12.7. The molecule has 2 N–H and O–H groups in total. The van der Waals surface area contributed by atoms with Crippen molar-refractivity contribution in [3.8, 4) is 11.5 Å². The molecule has 0 spiro atoms. The molecule has 0 heterocycles. The maximum atomic E-state index is 12.7. The van der Waals surface area contributed by atoms with Crippen LogP contribution in [-0.4, -0.2) is 25.1 Å². The molecule has 0 radical (unpaired) electrons. The number of ether oxygens (including phenoxy) is 2. The van der Waals surface area contributed by atoms with Gasteiger partial charge in [-0.3, -0.25) is 14.9 Å². The average molecular weight is 428 g/mol. The predicted molar refractivity (Wildman–Crippen MR) is 115 cm³/mol. The van der Waals surface area contributed by atoms with Crippen LogP contribution in [0.25, 0.3) is 0 Å². The Morgan fingerprint density at radius 1 is 0.967 bits per heavy atom. The van der Waals surface area contributed by atoms with Gasteiger partial charge in [0, 0.05) is 29.4 Å². The van der Waals surface area contributed by atoms with Crippen LogP contribution in [0.2, 0.25) is 5.02 Å². The van der Waals surface area contributed by atoms with Crippen LogP contribution in [0.1, 0.15) is 10.4 Å². The summed E-state index contributed by atoms with van der Waals surface area (Å²) in [7, 11) is 2.88. The number of nitro benzene ring substituents is 1. The monoisotopic (exact) mass is 427 g/mol. The van der Waals surface area contributed by atoms with E-state index in [0.29, 0.717) is 27.9 Å². The van der Waals surface area contributed by atoms with Crippen molar-refractivity contribution in [2.75, 3.05) is 24.9 Å². The van der Waals surface area contributed by atoms with E-state index in [1.54, 1.807) is 12.1 Å². The van der Waals surface area contributed by atoms with Crippen molar-refractivity contribution in [3.63, 3.8) is 0 Å². The Morgan fingerprint density at radius 3 is 2.30 bits per heavy atom. The van der Waals surface area contributed by atoms with E-state index in [1.807, 2.05) is 18.2 Å². The molecule has 0 aliphatic heterocycles. The summed E-state index contributed by atoms with van der Waals surface area (Å²) in [6.07, 6.45) is 0. The fourth-order valence-corrected chi connectivity index (χ4v) is 2.99. The average Bonchev–Trinajstić information content (AvgIpc) is 2.75. The summed E-state index contributed by atoms with van der Waals surface area (Å²) in [5, 5.41) is 17.5. The largest absolute Gasteiger partial charge is 0.495 e. The smallest absolute Gasteiger partial charge is 0.293 e. The summed E-state index contributed by atoms with van der Waals surface area (Å²) in [6, 6.07) is 16.2. The molecule has 1 amide bonds. The standard InChI is InChI=1S/C21H18ClN3O5/c1-29-19-12-17(20(30-2)11-15(19)22)24-21(26)13-8-9-16(18(10-13)25(27)28)23-14-6-4-3-5-7-14/h3-12,23H,1-2H3,(H,24,26). The Labute approximate surface area is 177 Å². The number of nitro groups is 1. The molecule has 0 saturated heterocycles. The lowest BCUT2D eigenvalue weighted by atomic mass is 10.1. The maximum Gasteiger partial charge on any atom is 0.293 e. The number of nitrogens with zero attached hydrogens (tertiary/aromatic N) is 1. The summed E-state index contributed by atoms with van der Waals surface area (Å²) in [5.74, 6) is 0.124. The van der Waals surface area contributed by atoms with Gasteiger partial charge in [-0.2, -0.15) is 0 Å². The number of carbonyl (C=O) groups is 1. The number of hydrogen-bond donors (Lipinski definition) is 2. The predicted octanol–water partition coefficient (Wildman–Crippen LogP) is 5.26. The van der Waals surface area contributed by atoms with Crippen LogP contribution in [0.3, 0.4) is 0 Å². The van der Waals surface area contributed by atoms with Gasteiger partial charge in [-0.15, -0.1) is 0 Å². The number of carbonyl (C=O) groups excluding carboxylic acids is 1. The normalized spacial score (nSPS) is 10.2. The molecule has 30 heavy (non-hydrogen) atoms. The third-order valence-corrected chi connectivity index (χ3v) is 4.53. The molecule has 3 rings (SSSR count). The van der Waals surface area contributed by atoms with Gasteiger partial charge in [0.2, 0.25) is 0 Å². The quantitative estimate of drug-likeness (QED) is 0.393. The molecular weight excluding hydrogens is 410 g/mol. The summed E-state index contributed by atoms with van der Waals surface area (Å²) in [5.41, 5.74) is 1.16. The van der Waals surface area contributed by atoms with Crippen molar-refractivity contribution < 1.29 is 19.2 Å². The van der Waals surface area contributed by atoms with Gasteiger partial charge in [-0.25, -0.2) is 0 Å². The summed E-state index contributed by atoms with van der Waals surface area (Å²) < 4.78 is 10.4. The molecule has 0 unspecified atom stereocenters. The summed E-state index contributed by atoms with van der Waals surface area (Å²) in [4.78, 5) is 23.7. The Kier molecular flexibility index (Phi) is 6.38. The lowest BCUT2D eigenvalue weighted by Gasteiger charge is -2.13. The van der Waals surface area contributed by atoms with Gasteiger partial charge in [0.1, 0.15) is 17.2 Å². The topological polar surface area (TPSA) is 103 Å². The van der Waals surface area contributed by atoms with Gasteiger partial charge in [0.05, 0.1) is 29.9 Å². The zero-order valence-electron chi connectivity index (χ0n) is 16.1. The highest BCUT2D eigenvalue weighted by Crippen LogP contribution is 2.36. The second-order valence-corrected chi connectivity index (χ2v) is 6.53. The van der Waals surface area contributed by atoms with Gasteiger partial charge in [0.15, 0.2) is 0 Å². The highest BCUT2D eigenvalue weighted by atomic mass is 35.5. The number of rotatable bonds is 7. The summed E-state index contributed by atoms with van der Waals surface area (Å²) in [6.45, 7) is 0. The fourth-order valence-electron chi connectivity index (χ4n) is 2.76. The number of para-hydroxylation sites is 1. The lowest BCUT2D eigenvalue weighted by Crippen LogP contribution is -2.13. The first kappa shape index (κ1) is 20.9. The minimum atomic E-state index is -0.549. The van der Waals surface area contributed by atoms with E-state index in [-0.39, 0.29) is 16.9 Å². The number of nitrogens with one attached hydrogen (secondary N) is 2. The molecule has 154 valence electrons. The van der Waals surface area contributed by atoms with Crippen LogP contribution in [0.4, 0.5) is 22.7 Å². The van der Waals surface area contributed by atoms with Crippen LogP contribution in [0.5, 0.6) is 11.5 Å². The van der Waals surface area contributed by atoms with Gasteiger partial charge < -0.3 is 20.1 Å². The van der Waals surface area contributed by atoms with Crippen LogP contribution < -0.4 is 20.1 Å². The third-order valence-electron chi connectivity index (χ3n) is 4.23. The van der Waals surface area contributed by atoms with Crippen molar-refractivity contribution in [1.29, 1.82) is 0 Å². The van der Waals surface area contributed by atoms with E-state index in [4.69, 9.17) is 21.1 Å². The van der Waals surface area contributed by atoms with E-state index in [1.165, 1.54) is 44.6 Å². The second-order valence-electron chi connectivity index (χ2n) is 6.12. The zero-order chi connectivity index (χ0) is 21.7. The summed E-state index contributed by atoms with van der Waals surface area (Å²) >= 11 is 6.07. The molecule has 0 saturated carbocycles. The molecule has 0 bridgehead atoms. The first-order valence-electron chi connectivity index (χ1n) is 8.76. The van der Waals surface area contributed by atoms with Gasteiger partial charge in [-0.05, 0) is 24.3 Å². The lowest BCUT2D eigenvalue weighted by molar-refractivity contribution is -0.383. The first-order valence-corrected chi connectivity index (χ1v) is 9.14. The van der Waals surface area contributed by atoms with Gasteiger partial charge in [0.25, 0.3) is 11.6 Å². The van der Waals surface area contributed by atoms with Crippen LogP contribution in [-0.2, 0) is 0 Å². The van der Waals surface area contributed by atoms with Gasteiger partial charge >= 0.3 is 0 Å². The Hall–Kier alpha value is -3.78. The molecule has 3 aromatic carbocycles. The molecule has 0 aliphatic rings. The molecule has 0 fully saturated rings. The van der Waals surface area contributed by atoms with E-state index in [9.17, 15) is 14.9 Å². The number of anilines is 3. The van der Waals surface area contributed by atoms with Crippen LogP contribution >= 0.6 is 11.6 Å². The highest BCUT2D eigenvalue weighted by Gasteiger charge is 2.19. The molecule has 0 aromatic heterocycles. The number of halogens is 1. The number of methoxy groups -OCH3 is 2. The van der Waals surface area contributed by atoms with E-state index >= 15 is 0 Å².